The molecule has 0 heterocycles. The third-order valence-electron chi connectivity index (χ3n) is 3.20. The van der Waals surface area contributed by atoms with E-state index in [0.29, 0.717) is 11.4 Å². The third kappa shape index (κ3) is 3.83. The summed E-state index contributed by atoms with van der Waals surface area (Å²) < 4.78 is 18.1. The molecule has 0 spiro atoms. The molecule has 1 amide bonds. The maximum absolute atomic E-state index is 12.8. The van der Waals surface area contributed by atoms with Crippen LogP contribution in [0, 0.1) is 23.1 Å². The van der Waals surface area contributed by atoms with Crippen LogP contribution in [0.15, 0.2) is 48.5 Å². The number of hydrogen-bond acceptors (Lipinski definition) is 3. The maximum Gasteiger partial charge on any atom is 0.242 e. The Morgan fingerprint density at radius 3 is 2.59 bits per heavy atom. The number of halogens is 1. The van der Waals surface area contributed by atoms with Gasteiger partial charge in [0.1, 0.15) is 17.5 Å². The van der Waals surface area contributed by atoms with Gasteiger partial charge in [0.25, 0.3) is 0 Å². The molecular weight excluding hydrogens is 283 g/mol. The zero-order valence-corrected chi connectivity index (χ0v) is 12.0. The molecule has 0 aromatic heterocycles. The van der Waals surface area contributed by atoms with Gasteiger partial charge in [-0.25, -0.2) is 4.39 Å². The largest absolute Gasteiger partial charge is 0.496 e. The first kappa shape index (κ1) is 15.5. The minimum absolute atomic E-state index is 0.244. The number of amides is 1. The lowest BCUT2D eigenvalue weighted by atomic mass is 9.99. The number of carbonyl (C=O) groups is 1. The summed E-state index contributed by atoms with van der Waals surface area (Å²) in [6.45, 7) is 0. The first-order valence-electron chi connectivity index (χ1n) is 6.72. The lowest BCUT2D eigenvalue weighted by Crippen LogP contribution is -2.23. The van der Waals surface area contributed by atoms with Crippen LogP contribution in [0.25, 0.3) is 0 Å². The molecule has 2 aromatic rings. The average Bonchev–Trinajstić information content (AvgIpc) is 2.55. The fourth-order valence-corrected chi connectivity index (χ4v) is 2.05. The molecule has 0 radical (unpaired) electrons. The van der Waals surface area contributed by atoms with Crippen molar-refractivity contribution >= 4 is 11.6 Å². The molecule has 4 nitrogen and oxygen atoms in total. The smallest absolute Gasteiger partial charge is 0.242 e. The van der Waals surface area contributed by atoms with E-state index in [0.717, 1.165) is 5.56 Å². The standard InChI is InChI=1S/C17H15FN2O2/c1-22-16-5-3-2-4-12(16)10-13(11-19)17(21)20-15-8-6-14(18)7-9-15/h2-9,13H,10H2,1H3,(H,20,21). The average molecular weight is 298 g/mol. The molecule has 2 aromatic carbocycles. The quantitative estimate of drug-likeness (QED) is 0.922. The van der Waals surface area contributed by atoms with Gasteiger partial charge >= 0.3 is 0 Å². The predicted molar refractivity (Wildman–Crippen MR) is 80.8 cm³/mol. The fourth-order valence-electron chi connectivity index (χ4n) is 2.05. The number of carbonyl (C=O) groups excluding carboxylic acids is 1. The van der Waals surface area contributed by atoms with Crippen LogP contribution in [0.4, 0.5) is 10.1 Å². The molecule has 0 saturated heterocycles. The van der Waals surface area contributed by atoms with Crippen molar-refractivity contribution in [3.8, 4) is 11.8 Å². The summed E-state index contributed by atoms with van der Waals surface area (Å²) in [6, 6.07) is 14.6. The van der Waals surface area contributed by atoms with Gasteiger partial charge in [-0.15, -0.1) is 0 Å². The van der Waals surface area contributed by atoms with E-state index < -0.39 is 11.8 Å². The molecule has 22 heavy (non-hydrogen) atoms. The van der Waals surface area contributed by atoms with Crippen LogP contribution in [-0.4, -0.2) is 13.0 Å². The second-order valence-corrected chi connectivity index (χ2v) is 4.69. The van der Waals surface area contributed by atoms with E-state index in [-0.39, 0.29) is 12.2 Å². The minimum Gasteiger partial charge on any atom is -0.496 e. The normalized spacial score (nSPS) is 11.3. The van der Waals surface area contributed by atoms with Crippen LogP contribution in [-0.2, 0) is 11.2 Å². The van der Waals surface area contributed by atoms with E-state index in [2.05, 4.69) is 5.32 Å². The number of nitrogens with one attached hydrogen (secondary N) is 1. The number of nitrogens with zero attached hydrogens (tertiary/aromatic N) is 1. The van der Waals surface area contributed by atoms with Crippen molar-refractivity contribution in [2.24, 2.45) is 5.92 Å². The van der Waals surface area contributed by atoms with E-state index >= 15 is 0 Å². The van der Waals surface area contributed by atoms with Gasteiger partial charge in [-0.1, -0.05) is 18.2 Å². The molecule has 0 fully saturated rings. The lowest BCUT2D eigenvalue weighted by Gasteiger charge is -2.12. The number of para-hydroxylation sites is 1. The topological polar surface area (TPSA) is 62.1 Å². The number of rotatable bonds is 5. The number of nitriles is 1. The lowest BCUT2D eigenvalue weighted by molar-refractivity contribution is -0.118. The number of ether oxygens (including phenoxy) is 1. The van der Waals surface area contributed by atoms with Gasteiger partial charge in [0.2, 0.25) is 5.91 Å². The summed E-state index contributed by atoms with van der Waals surface area (Å²) >= 11 is 0. The zero-order chi connectivity index (χ0) is 15.9. The van der Waals surface area contributed by atoms with E-state index in [9.17, 15) is 14.4 Å². The van der Waals surface area contributed by atoms with Gasteiger partial charge in [-0.2, -0.15) is 5.26 Å². The van der Waals surface area contributed by atoms with Gasteiger partial charge < -0.3 is 10.1 Å². The molecule has 0 saturated carbocycles. The Hall–Kier alpha value is -2.87. The highest BCUT2D eigenvalue weighted by Crippen LogP contribution is 2.21. The fraction of sp³-hybridized carbons (Fsp3) is 0.176. The molecule has 2 rings (SSSR count). The summed E-state index contributed by atoms with van der Waals surface area (Å²) in [6.07, 6.45) is 0.244. The van der Waals surface area contributed by atoms with Crippen molar-refractivity contribution in [1.29, 1.82) is 5.26 Å². The van der Waals surface area contributed by atoms with Crippen LogP contribution < -0.4 is 10.1 Å². The van der Waals surface area contributed by atoms with E-state index in [1.54, 1.807) is 13.2 Å². The highest BCUT2D eigenvalue weighted by Gasteiger charge is 2.20. The Morgan fingerprint density at radius 2 is 1.95 bits per heavy atom. The van der Waals surface area contributed by atoms with Crippen LogP contribution in [0.3, 0.4) is 0 Å². The molecule has 0 aliphatic carbocycles. The molecular formula is C17H15FN2O2. The van der Waals surface area contributed by atoms with E-state index in [1.807, 2.05) is 24.3 Å². The van der Waals surface area contributed by atoms with Crippen LogP contribution >= 0.6 is 0 Å². The highest BCUT2D eigenvalue weighted by molar-refractivity contribution is 5.94. The van der Waals surface area contributed by atoms with Crippen molar-refractivity contribution in [3.05, 3.63) is 59.9 Å². The van der Waals surface area contributed by atoms with Gasteiger partial charge in [0, 0.05) is 12.1 Å². The molecule has 1 unspecified atom stereocenters. The second kappa shape index (κ2) is 7.23. The SMILES string of the molecule is COc1ccccc1CC(C#N)C(=O)Nc1ccc(F)cc1. The summed E-state index contributed by atoms with van der Waals surface area (Å²) in [5, 5.41) is 11.8. The van der Waals surface area contributed by atoms with E-state index in [1.165, 1.54) is 24.3 Å². The Balaban J connectivity index is 2.09. The molecule has 0 bridgehead atoms. The number of benzene rings is 2. The van der Waals surface area contributed by atoms with Crippen molar-refractivity contribution < 1.29 is 13.9 Å². The van der Waals surface area contributed by atoms with Crippen molar-refractivity contribution in [2.45, 2.75) is 6.42 Å². The van der Waals surface area contributed by atoms with Gasteiger partial charge in [0.05, 0.1) is 13.2 Å². The number of hydrogen-bond donors (Lipinski definition) is 1. The highest BCUT2D eigenvalue weighted by atomic mass is 19.1. The Kier molecular flexibility index (Phi) is 5.10. The van der Waals surface area contributed by atoms with Gasteiger partial charge in [0.15, 0.2) is 0 Å². The maximum atomic E-state index is 12.8. The van der Waals surface area contributed by atoms with Gasteiger partial charge in [-0.05, 0) is 35.9 Å². The Bertz CT molecular complexity index is 693. The Labute approximate surface area is 128 Å². The molecule has 0 aliphatic rings. The predicted octanol–water partition coefficient (Wildman–Crippen LogP) is 3.16. The van der Waals surface area contributed by atoms with Gasteiger partial charge in [-0.3, -0.25) is 4.79 Å². The minimum atomic E-state index is -0.860. The van der Waals surface area contributed by atoms with Crippen molar-refractivity contribution in [3.63, 3.8) is 0 Å². The number of anilines is 1. The van der Waals surface area contributed by atoms with Crippen molar-refractivity contribution in [1.82, 2.24) is 0 Å². The summed E-state index contributed by atoms with van der Waals surface area (Å²) in [5.41, 5.74) is 1.23. The third-order valence-corrected chi connectivity index (χ3v) is 3.20. The first-order chi connectivity index (χ1) is 10.6. The second-order valence-electron chi connectivity index (χ2n) is 4.69. The first-order valence-corrected chi connectivity index (χ1v) is 6.72. The summed E-state index contributed by atoms with van der Waals surface area (Å²) in [4.78, 5) is 12.2. The van der Waals surface area contributed by atoms with Crippen LogP contribution in [0.2, 0.25) is 0 Å². The number of methoxy groups -OCH3 is 1. The molecule has 5 heteroatoms. The zero-order valence-electron chi connectivity index (χ0n) is 12.0. The molecule has 112 valence electrons. The Morgan fingerprint density at radius 1 is 1.27 bits per heavy atom. The monoisotopic (exact) mass is 298 g/mol. The summed E-state index contributed by atoms with van der Waals surface area (Å²) in [5.74, 6) is -1.04. The molecule has 1 N–H and O–H groups in total. The summed E-state index contributed by atoms with van der Waals surface area (Å²) in [7, 11) is 1.54. The van der Waals surface area contributed by atoms with Crippen LogP contribution in [0.5, 0.6) is 5.75 Å². The van der Waals surface area contributed by atoms with E-state index in [4.69, 9.17) is 4.74 Å². The molecule has 0 aliphatic heterocycles. The molecule has 1 atom stereocenters. The van der Waals surface area contributed by atoms with Crippen molar-refractivity contribution in [2.75, 3.05) is 12.4 Å². The van der Waals surface area contributed by atoms with Crippen LogP contribution in [0.1, 0.15) is 5.56 Å².